The molecule has 0 aliphatic heterocycles. The van der Waals surface area contributed by atoms with Crippen molar-refractivity contribution in [1.29, 1.82) is 0 Å². The Bertz CT molecular complexity index is 1400. The number of phenols is 1. The summed E-state index contributed by atoms with van der Waals surface area (Å²) < 4.78 is 0. The Labute approximate surface area is 224 Å². The number of hydrogen-bond acceptors (Lipinski definition) is 6. The fourth-order valence-corrected chi connectivity index (χ4v) is 7.16. The van der Waals surface area contributed by atoms with Gasteiger partial charge in [-0.25, -0.2) is 0 Å². The van der Waals surface area contributed by atoms with Gasteiger partial charge in [0.2, 0.25) is 5.78 Å². The van der Waals surface area contributed by atoms with Crippen LogP contribution in [0.25, 0.3) is 0 Å². The molecule has 0 bridgehead atoms. The molecule has 0 amide bonds. The summed E-state index contributed by atoms with van der Waals surface area (Å²) >= 11 is 0. The van der Waals surface area contributed by atoms with Crippen LogP contribution in [0, 0.1) is 22.7 Å². The van der Waals surface area contributed by atoms with Gasteiger partial charge in [-0.1, -0.05) is 58.5 Å². The second-order valence-electron chi connectivity index (χ2n) is 12.2. The molecule has 38 heavy (non-hydrogen) atoms. The molecule has 0 aromatic heterocycles. The van der Waals surface area contributed by atoms with E-state index in [-0.39, 0.29) is 41.2 Å². The number of carbonyl (C=O) groups excluding carboxylic acids is 3. The van der Waals surface area contributed by atoms with Gasteiger partial charge in [0.15, 0.2) is 17.2 Å². The van der Waals surface area contributed by atoms with Crippen LogP contribution in [-0.2, 0) is 16.0 Å². The van der Waals surface area contributed by atoms with Gasteiger partial charge in [0.25, 0.3) is 0 Å². The van der Waals surface area contributed by atoms with Crippen LogP contribution in [0.1, 0.15) is 114 Å². The highest BCUT2D eigenvalue weighted by molar-refractivity contribution is 6.25. The molecule has 3 aliphatic carbocycles. The highest BCUT2D eigenvalue weighted by atomic mass is 16.3. The lowest BCUT2D eigenvalue weighted by Crippen LogP contribution is -2.63. The average Bonchev–Trinajstić information content (AvgIpc) is 2.79. The smallest absolute Gasteiger partial charge is 0.206 e. The third-order valence-corrected chi connectivity index (χ3v) is 8.79. The summed E-state index contributed by atoms with van der Waals surface area (Å²) in [5.74, 6) is 3.23. The predicted molar refractivity (Wildman–Crippen MR) is 145 cm³/mol. The molecule has 3 aliphatic rings. The standard InChI is InChI=1S/C32H38O6/c1-8-9-10-11-12-20-13-21(17(2)3)22-15-30(6)16-31(7)14-18(4)23(19(5)33)28(36)32(31,38)29(37)25(30)27(35)24(22)26(20)34/h13,17,34,37-38H,8-10,14-16H2,1-7H3/t30-,31+,32+/m1/s1. The Hall–Kier alpha value is -3.17. The predicted octanol–water partition coefficient (Wildman–Crippen LogP) is 5.63. The Morgan fingerprint density at radius 2 is 1.82 bits per heavy atom. The largest absolute Gasteiger partial charge is 0.508 e. The fraction of sp³-hybridized carbons (Fsp3) is 0.531. The Kier molecular flexibility index (Phi) is 6.77. The fourth-order valence-electron chi connectivity index (χ4n) is 7.16. The monoisotopic (exact) mass is 518 g/mol. The average molecular weight is 519 g/mol. The van der Waals surface area contributed by atoms with Crippen LogP contribution >= 0.6 is 0 Å². The van der Waals surface area contributed by atoms with Crippen molar-refractivity contribution in [2.24, 2.45) is 10.8 Å². The first-order valence-electron chi connectivity index (χ1n) is 13.5. The van der Waals surface area contributed by atoms with Gasteiger partial charge in [-0.2, -0.15) is 0 Å². The molecular weight excluding hydrogens is 480 g/mol. The number of benzene rings is 1. The van der Waals surface area contributed by atoms with Crippen molar-refractivity contribution in [2.45, 2.75) is 98.5 Å². The maximum Gasteiger partial charge on any atom is 0.206 e. The van der Waals surface area contributed by atoms with Crippen molar-refractivity contribution >= 4 is 17.3 Å². The van der Waals surface area contributed by atoms with Crippen molar-refractivity contribution in [2.75, 3.05) is 0 Å². The number of carbonyl (C=O) groups is 3. The SMILES string of the molecule is CCCCC#Cc1cc(C(C)C)c2c(c1O)C(=O)C1=C(O)[C@@]3(O)C(=O)C(C(C)=O)=C(C)C[C@@]3(C)C[C@@]1(C)C2. The van der Waals surface area contributed by atoms with Crippen LogP contribution in [0.2, 0.25) is 0 Å². The van der Waals surface area contributed by atoms with Crippen molar-refractivity contribution in [3.05, 3.63) is 50.8 Å². The molecule has 0 fully saturated rings. The van der Waals surface area contributed by atoms with Gasteiger partial charge < -0.3 is 15.3 Å². The molecule has 0 heterocycles. The van der Waals surface area contributed by atoms with Gasteiger partial charge in [-0.05, 0) is 62.6 Å². The quantitative estimate of drug-likeness (QED) is 0.270. The maximum absolute atomic E-state index is 14.2. The van der Waals surface area contributed by atoms with Crippen LogP contribution in [0.15, 0.2) is 28.5 Å². The molecule has 0 unspecified atom stereocenters. The van der Waals surface area contributed by atoms with E-state index in [0.717, 1.165) is 18.4 Å². The summed E-state index contributed by atoms with van der Waals surface area (Å²) in [6, 6.07) is 1.86. The number of allylic oxidation sites excluding steroid dienone is 2. The first-order chi connectivity index (χ1) is 17.6. The minimum absolute atomic E-state index is 0.0479. The third-order valence-electron chi connectivity index (χ3n) is 8.79. The van der Waals surface area contributed by atoms with E-state index >= 15 is 0 Å². The number of unbranched alkanes of at least 4 members (excludes halogenated alkanes) is 2. The number of aliphatic hydroxyl groups is 2. The minimum atomic E-state index is -2.41. The van der Waals surface area contributed by atoms with Crippen molar-refractivity contribution in [3.63, 3.8) is 0 Å². The Morgan fingerprint density at radius 3 is 2.39 bits per heavy atom. The molecule has 3 N–H and O–H groups in total. The number of Topliss-reactive ketones (excluding diaryl/α,β-unsaturated/α-hetero) is 3. The van der Waals surface area contributed by atoms with Crippen molar-refractivity contribution < 1.29 is 29.7 Å². The van der Waals surface area contributed by atoms with Crippen LogP contribution in [0.5, 0.6) is 5.75 Å². The highest BCUT2D eigenvalue weighted by Gasteiger charge is 2.67. The highest BCUT2D eigenvalue weighted by Crippen LogP contribution is 2.62. The van der Waals surface area contributed by atoms with Crippen LogP contribution in [0.3, 0.4) is 0 Å². The lowest BCUT2D eigenvalue weighted by atomic mass is 9.48. The molecule has 4 rings (SSSR count). The first-order valence-corrected chi connectivity index (χ1v) is 13.5. The van der Waals surface area contributed by atoms with Crippen LogP contribution in [0.4, 0.5) is 0 Å². The van der Waals surface area contributed by atoms with E-state index in [4.69, 9.17) is 0 Å². The summed E-state index contributed by atoms with van der Waals surface area (Å²) in [6.45, 7) is 12.7. The maximum atomic E-state index is 14.2. The number of aliphatic hydroxyl groups excluding tert-OH is 1. The van der Waals surface area contributed by atoms with Crippen molar-refractivity contribution in [3.8, 4) is 17.6 Å². The zero-order valence-electron chi connectivity index (χ0n) is 23.5. The Balaban J connectivity index is 1.99. The Morgan fingerprint density at radius 1 is 1.16 bits per heavy atom. The molecule has 6 nitrogen and oxygen atoms in total. The lowest BCUT2D eigenvalue weighted by Gasteiger charge is -2.56. The molecule has 0 saturated heterocycles. The summed E-state index contributed by atoms with van der Waals surface area (Å²) in [7, 11) is 0. The zero-order chi connectivity index (χ0) is 28.4. The molecule has 1 aromatic rings. The topological polar surface area (TPSA) is 112 Å². The number of ketones is 3. The summed E-state index contributed by atoms with van der Waals surface area (Å²) in [4.78, 5) is 40.1. The van der Waals surface area contributed by atoms with Gasteiger partial charge in [-0.3, -0.25) is 14.4 Å². The van der Waals surface area contributed by atoms with Gasteiger partial charge in [0.1, 0.15) is 11.5 Å². The number of hydrogen-bond donors (Lipinski definition) is 3. The van der Waals surface area contributed by atoms with E-state index < -0.39 is 39.5 Å². The van der Waals surface area contributed by atoms with Gasteiger partial charge >= 0.3 is 0 Å². The van der Waals surface area contributed by atoms with E-state index in [1.54, 1.807) is 13.8 Å². The second-order valence-corrected chi connectivity index (χ2v) is 12.2. The number of aromatic hydroxyl groups is 1. The van der Waals surface area contributed by atoms with Gasteiger partial charge in [0, 0.05) is 22.8 Å². The lowest BCUT2D eigenvalue weighted by molar-refractivity contribution is -0.157. The molecule has 1 aromatic carbocycles. The summed E-state index contributed by atoms with van der Waals surface area (Å²) in [5.41, 5.74) is -2.00. The van der Waals surface area contributed by atoms with E-state index in [0.29, 0.717) is 29.5 Å². The third kappa shape index (κ3) is 3.78. The van der Waals surface area contributed by atoms with E-state index in [1.165, 1.54) is 6.92 Å². The van der Waals surface area contributed by atoms with Gasteiger partial charge in [-0.15, -0.1) is 0 Å². The first kappa shape index (κ1) is 27.9. The van der Waals surface area contributed by atoms with Crippen LogP contribution in [-0.4, -0.2) is 38.3 Å². The second kappa shape index (κ2) is 9.24. The summed E-state index contributed by atoms with van der Waals surface area (Å²) in [5, 5.41) is 34.8. The van der Waals surface area contributed by atoms with E-state index in [2.05, 4.69) is 18.8 Å². The van der Waals surface area contributed by atoms with E-state index in [1.807, 2.05) is 26.8 Å². The molecule has 202 valence electrons. The molecule has 0 saturated carbocycles. The summed E-state index contributed by atoms with van der Waals surface area (Å²) in [6.07, 6.45) is 3.41. The molecule has 0 radical (unpaired) electrons. The van der Waals surface area contributed by atoms with Crippen molar-refractivity contribution in [1.82, 2.24) is 0 Å². The van der Waals surface area contributed by atoms with Gasteiger partial charge in [0.05, 0.1) is 16.7 Å². The zero-order valence-corrected chi connectivity index (χ0v) is 23.5. The molecule has 0 spiro atoms. The molecule has 6 heteroatoms. The van der Waals surface area contributed by atoms with E-state index in [9.17, 15) is 29.7 Å². The minimum Gasteiger partial charge on any atom is -0.508 e. The number of fused-ring (bicyclic) bond motifs is 3. The molecule has 3 atom stereocenters. The normalized spacial score (nSPS) is 28.6. The number of phenolic OH excluding ortho intramolecular Hbond substituents is 1. The number of rotatable bonds is 4. The molecular formula is C32H38O6. The van der Waals surface area contributed by atoms with Crippen LogP contribution < -0.4 is 0 Å².